The van der Waals surface area contributed by atoms with Crippen LogP contribution < -0.4 is 0 Å². The van der Waals surface area contributed by atoms with Gasteiger partial charge >= 0.3 is 0 Å². The number of oxime groups is 1. The Morgan fingerprint density at radius 1 is 1.56 bits per heavy atom. The van der Waals surface area contributed by atoms with Gasteiger partial charge in [-0.15, -0.1) is 0 Å². The van der Waals surface area contributed by atoms with E-state index in [1.807, 2.05) is 18.7 Å². The molecule has 1 aromatic rings. The summed E-state index contributed by atoms with van der Waals surface area (Å²) >= 11 is 1.97. The molecule has 0 fully saturated rings. The highest BCUT2D eigenvalue weighted by atomic mass is 32.2. The highest BCUT2D eigenvalue weighted by Crippen LogP contribution is 2.32. The molecule has 1 heterocycles. The van der Waals surface area contributed by atoms with Gasteiger partial charge in [-0.1, -0.05) is 24.2 Å². The summed E-state index contributed by atoms with van der Waals surface area (Å²) in [5.41, 5.74) is 2.48. The van der Waals surface area contributed by atoms with Crippen LogP contribution in [0.5, 0.6) is 0 Å². The maximum absolute atomic E-state index is 9.15. The van der Waals surface area contributed by atoms with Crippen LogP contribution in [0, 0.1) is 12.8 Å². The molecule has 5 heteroatoms. The van der Waals surface area contributed by atoms with E-state index < -0.39 is 0 Å². The second kappa shape index (κ2) is 5.78. The summed E-state index contributed by atoms with van der Waals surface area (Å²) in [7, 11) is 0. The number of hydrogen-bond acceptors (Lipinski definition) is 5. The lowest BCUT2D eigenvalue weighted by Crippen LogP contribution is -2.22. The maximum atomic E-state index is 9.15. The molecule has 2 atom stereocenters. The van der Waals surface area contributed by atoms with E-state index in [1.54, 1.807) is 0 Å². The molecule has 18 heavy (non-hydrogen) atoms. The molecule has 0 spiro atoms. The topological polar surface area (TPSA) is 58.6 Å². The van der Waals surface area contributed by atoms with Crippen LogP contribution in [0.4, 0.5) is 0 Å². The van der Waals surface area contributed by atoms with Crippen molar-refractivity contribution in [3.63, 3.8) is 0 Å². The number of hydrogen-bond donors (Lipinski definition) is 1. The average molecular weight is 268 g/mol. The van der Waals surface area contributed by atoms with Crippen molar-refractivity contribution in [2.75, 3.05) is 5.75 Å². The second-order valence-electron chi connectivity index (χ2n) is 4.89. The lowest BCUT2D eigenvalue weighted by atomic mass is 9.83. The van der Waals surface area contributed by atoms with Crippen molar-refractivity contribution >= 4 is 17.5 Å². The van der Waals surface area contributed by atoms with Gasteiger partial charge in [-0.3, -0.25) is 0 Å². The number of aromatic nitrogens is 1. The van der Waals surface area contributed by atoms with Crippen LogP contribution >= 0.6 is 11.8 Å². The molecular formula is C13H20N2O2S. The summed E-state index contributed by atoms with van der Waals surface area (Å²) in [6, 6.07) is 0. The molecule has 4 nitrogen and oxygen atoms in total. The third kappa shape index (κ3) is 2.71. The average Bonchev–Trinajstić information content (AvgIpc) is 2.70. The van der Waals surface area contributed by atoms with Crippen molar-refractivity contribution in [2.24, 2.45) is 11.1 Å². The van der Waals surface area contributed by atoms with Gasteiger partial charge in [-0.2, -0.15) is 11.8 Å². The van der Waals surface area contributed by atoms with Gasteiger partial charge in [-0.05, 0) is 31.4 Å². The Balaban J connectivity index is 2.12. The van der Waals surface area contributed by atoms with Crippen LogP contribution in [0.1, 0.15) is 43.7 Å². The molecule has 0 radical (unpaired) electrons. The molecule has 1 aliphatic rings. The summed E-state index contributed by atoms with van der Waals surface area (Å²) in [6.07, 6.45) is 2.85. The van der Waals surface area contributed by atoms with E-state index in [0.29, 0.717) is 11.2 Å². The molecule has 100 valence electrons. The van der Waals surface area contributed by atoms with Crippen molar-refractivity contribution in [3.05, 3.63) is 17.0 Å². The summed E-state index contributed by atoms with van der Waals surface area (Å²) in [5, 5.41) is 17.2. The Hall–Kier alpha value is -0.970. The fourth-order valence-corrected chi connectivity index (χ4v) is 3.69. The molecule has 0 unspecified atom stereocenters. The van der Waals surface area contributed by atoms with Gasteiger partial charge in [0, 0.05) is 11.7 Å². The van der Waals surface area contributed by atoms with E-state index in [2.05, 4.69) is 24.2 Å². The zero-order chi connectivity index (χ0) is 13.1. The minimum atomic E-state index is 0.491. The van der Waals surface area contributed by atoms with E-state index in [4.69, 9.17) is 9.73 Å². The predicted octanol–water partition coefficient (Wildman–Crippen LogP) is 3.26. The smallest absolute Gasteiger partial charge is 0.146 e. The highest BCUT2D eigenvalue weighted by molar-refractivity contribution is 7.99. The minimum Gasteiger partial charge on any atom is -0.411 e. The van der Waals surface area contributed by atoms with Crippen LogP contribution in [0.3, 0.4) is 0 Å². The van der Waals surface area contributed by atoms with Crippen LogP contribution in [0.15, 0.2) is 9.68 Å². The van der Waals surface area contributed by atoms with E-state index in [1.165, 1.54) is 0 Å². The van der Waals surface area contributed by atoms with Crippen molar-refractivity contribution < 1.29 is 9.73 Å². The molecule has 0 aromatic carbocycles. The Morgan fingerprint density at radius 2 is 2.33 bits per heavy atom. The van der Waals surface area contributed by atoms with Gasteiger partial charge in [0.1, 0.15) is 5.76 Å². The molecule has 1 N–H and O–H groups in total. The number of thioether (sulfide) groups is 1. The molecular weight excluding hydrogens is 248 g/mol. The second-order valence-corrected chi connectivity index (χ2v) is 6.60. The Morgan fingerprint density at radius 3 is 3.00 bits per heavy atom. The van der Waals surface area contributed by atoms with Crippen molar-refractivity contribution in [1.29, 1.82) is 0 Å². The first-order chi connectivity index (χ1) is 8.65. The van der Waals surface area contributed by atoms with E-state index in [-0.39, 0.29) is 0 Å². The number of aryl methyl sites for hydroxylation is 1. The van der Waals surface area contributed by atoms with Crippen molar-refractivity contribution in [3.8, 4) is 0 Å². The largest absolute Gasteiger partial charge is 0.411 e. The predicted molar refractivity (Wildman–Crippen MR) is 73.6 cm³/mol. The number of fused-ring (bicyclic) bond motifs is 1. The van der Waals surface area contributed by atoms with Gasteiger partial charge in [0.15, 0.2) is 0 Å². The summed E-state index contributed by atoms with van der Waals surface area (Å²) in [5.74, 6) is 2.51. The molecule has 1 aliphatic carbocycles. The van der Waals surface area contributed by atoms with E-state index in [9.17, 15) is 0 Å². The van der Waals surface area contributed by atoms with Gasteiger partial charge in [0.05, 0.1) is 17.0 Å². The van der Waals surface area contributed by atoms with Crippen LogP contribution in [0.2, 0.25) is 0 Å². The third-order valence-electron chi connectivity index (χ3n) is 3.42. The van der Waals surface area contributed by atoms with Crippen molar-refractivity contribution in [1.82, 2.24) is 5.16 Å². The van der Waals surface area contributed by atoms with Gasteiger partial charge in [0.2, 0.25) is 0 Å². The number of rotatable bonds is 4. The standard InChI is InChI=1S/C13H20N2O2S/c1-4-18-8(2)5-10-6-11(14-16)13-9(3)15-17-12(13)7-10/h8,10,16H,4-7H2,1-3H3/b14-11+/t8-,10+/m0/s1. The first kappa shape index (κ1) is 13.5. The Bertz CT molecular complexity index is 442. The van der Waals surface area contributed by atoms with E-state index in [0.717, 1.165) is 47.7 Å². The quantitative estimate of drug-likeness (QED) is 0.672. The molecule has 0 saturated carbocycles. The van der Waals surface area contributed by atoms with Gasteiger partial charge in [-0.25, -0.2) is 0 Å². The molecule has 0 amide bonds. The summed E-state index contributed by atoms with van der Waals surface area (Å²) < 4.78 is 5.34. The summed E-state index contributed by atoms with van der Waals surface area (Å²) in [4.78, 5) is 0. The van der Waals surface area contributed by atoms with Crippen LogP contribution in [0.25, 0.3) is 0 Å². The fraction of sp³-hybridized carbons (Fsp3) is 0.692. The SMILES string of the molecule is CCS[C@@H](C)C[C@@H]1C/C(=N\O)c2c(C)noc2C1. The lowest BCUT2D eigenvalue weighted by Gasteiger charge is -2.24. The van der Waals surface area contributed by atoms with Crippen LogP contribution in [-0.4, -0.2) is 27.1 Å². The third-order valence-corrected chi connectivity index (χ3v) is 4.51. The zero-order valence-electron chi connectivity index (χ0n) is 11.1. The Labute approximate surface area is 112 Å². The molecule has 0 saturated heterocycles. The normalized spacial score (nSPS) is 23.1. The van der Waals surface area contributed by atoms with Gasteiger partial charge in [0.25, 0.3) is 0 Å². The maximum Gasteiger partial charge on any atom is 0.146 e. The zero-order valence-corrected chi connectivity index (χ0v) is 12.0. The molecule has 1 aromatic heterocycles. The van der Waals surface area contributed by atoms with Gasteiger partial charge < -0.3 is 9.73 Å². The van der Waals surface area contributed by atoms with Crippen molar-refractivity contribution in [2.45, 2.75) is 45.3 Å². The number of nitrogens with zero attached hydrogens (tertiary/aromatic N) is 2. The first-order valence-electron chi connectivity index (χ1n) is 6.43. The van der Waals surface area contributed by atoms with E-state index >= 15 is 0 Å². The minimum absolute atomic E-state index is 0.491. The summed E-state index contributed by atoms with van der Waals surface area (Å²) in [6.45, 7) is 6.33. The molecule has 0 bridgehead atoms. The monoisotopic (exact) mass is 268 g/mol. The molecule has 0 aliphatic heterocycles. The van der Waals surface area contributed by atoms with Crippen LogP contribution in [-0.2, 0) is 6.42 Å². The Kier molecular flexibility index (Phi) is 4.32. The fourth-order valence-electron chi connectivity index (χ4n) is 2.72. The molecule has 2 rings (SSSR count). The first-order valence-corrected chi connectivity index (χ1v) is 7.48. The lowest BCUT2D eigenvalue weighted by molar-refractivity contribution is 0.310. The highest BCUT2D eigenvalue weighted by Gasteiger charge is 2.30.